The van der Waals surface area contributed by atoms with Crippen molar-refractivity contribution >= 4 is 0 Å². The Morgan fingerprint density at radius 2 is 2.06 bits per heavy atom. The Morgan fingerprint density at radius 1 is 1.28 bits per heavy atom. The van der Waals surface area contributed by atoms with Crippen molar-refractivity contribution in [2.45, 2.75) is 33.2 Å². The Hall–Kier alpha value is -1.22. The molecule has 1 aromatic carbocycles. The summed E-state index contributed by atoms with van der Waals surface area (Å²) in [6, 6.07) is 6.07. The maximum Gasteiger partial charge on any atom is 0.161 e. The maximum atomic E-state index is 5.88. The summed E-state index contributed by atoms with van der Waals surface area (Å²) in [5.41, 5.74) is 1.21. The minimum Gasteiger partial charge on any atom is -0.493 e. The number of benzene rings is 1. The molecule has 0 aromatic heterocycles. The second kappa shape index (κ2) is 7.98. The van der Waals surface area contributed by atoms with E-state index in [1.165, 1.54) is 18.4 Å². The van der Waals surface area contributed by atoms with Crippen molar-refractivity contribution in [2.75, 3.05) is 20.8 Å². The number of rotatable bonds is 8. The molecule has 1 rings (SSSR count). The topological polar surface area (TPSA) is 30.5 Å². The second-order valence-electron chi connectivity index (χ2n) is 4.72. The standard InChI is InChI=1S/C15H25NO2/c1-5-6-12(2)11-18-15-9-13(10-16-3)7-8-14(15)17-4/h7-9,12,16H,5-6,10-11H2,1-4H3. The fourth-order valence-electron chi connectivity index (χ4n) is 1.96. The highest BCUT2D eigenvalue weighted by atomic mass is 16.5. The number of ether oxygens (including phenoxy) is 2. The van der Waals surface area contributed by atoms with Crippen LogP contribution in [0.15, 0.2) is 18.2 Å². The number of hydrogen-bond acceptors (Lipinski definition) is 3. The third-order valence-corrected chi connectivity index (χ3v) is 2.91. The molecule has 0 bridgehead atoms. The molecule has 0 spiro atoms. The Kier molecular flexibility index (Phi) is 6.58. The molecule has 3 heteroatoms. The van der Waals surface area contributed by atoms with Crippen LogP contribution in [0.3, 0.4) is 0 Å². The molecule has 0 heterocycles. The van der Waals surface area contributed by atoms with Crippen LogP contribution in [-0.4, -0.2) is 20.8 Å². The number of methoxy groups -OCH3 is 1. The van der Waals surface area contributed by atoms with Crippen molar-refractivity contribution in [1.82, 2.24) is 5.32 Å². The summed E-state index contributed by atoms with van der Waals surface area (Å²) >= 11 is 0. The third kappa shape index (κ3) is 4.57. The van der Waals surface area contributed by atoms with Crippen LogP contribution >= 0.6 is 0 Å². The zero-order valence-electron chi connectivity index (χ0n) is 12.0. The second-order valence-corrected chi connectivity index (χ2v) is 4.72. The van der Waals surface area contributed by atoms with Gasteiger partial charge in [-0.2, -0.15) is 0 Å². The van der Waals surface area contributed by atoms with Gasteiger partial charge in [-0.25, -0.2) is 0 Å². The maximum absolute atomic E-state index is 5.88. The fraction of sp³-hybridized carbons (Fsp3) is 0.600. The van der Waals surface area contributed by atoms with Crippen molar-refractivity contribution in [1.29, 1.82) is 0 Å². The molecule has 1 atom stereocenters. The molecule has 0 fully saturated rings. The lowest BCUT2D eigenvalue weighted by molar-refractivity contribution is 0.240. The Labute approximate surface area is 110 Å². The van der Waals surface area contributed by atoms with E-state index >= 15 is 0 Å². The molecular formula is C15H25NO2. The van der Waals surface area contributed by atoms with Crippen molar-refractivity contribution < 1.29 is 9.47 Å². The van der Waals surface area contributed by atoms with Gasteiger partial charge in [-0.1, -0.05) is 26.3 Å². The average Bonchev–Trinajstić information content (AvgIpc) is 2.37. The highest BCUT2D eigenvalue weighted by Crippen LogP contribution is 2.28. The molecular weight excluding hydrogens is 226 g/mol. The molecule has 0 saturated carbocycles. The van der Waals surface area contributed by atoms with Crippen molar-refractivity contribution in [3.05, 3.63) is 23.8 Å². The predicted octanol–water partition coefficient (Wildman–Crippen LogP) is 3.23. The first-order valence-electron chi connectivity index (χ1n) is 6.65. The summed E-state index contributed by atoms with van der Waals surface area (Å²) in [4.78, 5) is 0. The van der Waals surface area contributed by atoms with Gasteiger partial charge < -0.3 is 14.8 Å². The van der Waals surface area contributed by atoms with Gasteiger partial charge in [0.15, 0.2) is 11.5 Å². The number of nitrogens with one attached hydrogen (secondary N) is 1. The molecule has 0 radical (unpaired) electrons. The summed E-state index contributed by atoms with van der Waals surface area (Å²) < 4.78 is 11.2. The average molecular weight is 251 g/mol. The summed E-state index contributed by atoms with van der Waals surface area (Å²) in [5.74, 6) is 2.22. The van der Waals surface area contributed by atoms with Gasteiger partial charge in [-0.15, -0.1) is 0 Å². The van der Waals surface area contributed by atoms with Crippen LogP contribution in [0.25, 0.3) is 0 Å². The smallest absolute Gasteiger partial charge is 0.161 e. The van der Waals surface area contributed by atoms with E-state index in [0.29, 0.717) is 5.92 Å². The van der Waals surface area contributed by atoms with Gasteiger partial charge in [0.2, 0.25) is 0 Å². The monoisotopic (exact) mass is 251 g/mol. The first-order valence-corrected chi connectivity index (χ1v) is 6.65. The van der Waals surface area contributed by atoms with E-state index in [2.05, 4.69) is 25.2 Å². The first-order chi connectivity index (χ1) is 8.71. The van der Waals surface area contributed by atoms with E-state index < -0.39 is 0 Å². The third-order valence-electron chi connectivity index (χ3n) is 2.91. The van der Waals surface area contributed by atoms with E-state index in [0.717, 1.165) is 24.7 Å². The Bertz CT molecular complexity index is 352. The lowest BCUT2D eigenvalue weighted by Crippen LogP contribution is -2.10. The molecule has 1 aromatic rings. The zero-order chi connectivity index (χ0) is 13.4. The van der Waals surface area contributed by atoms with Gasteiger partial charge in [-0.3, -0.25) is 0 Å². The van der Waals surface area contributed by atoms with Gasteiger partial charge in [-0.05, 0) is 37.1 Å². The highest BCUT2D eigenvalue weighted by Gasteiger charge is 2.08. The Morgan fingerprint density at radius 3 is 2.67 bits per heavy atom. The van der Waals surface area contributed by atoms with Crippen molar-refractivity contribution in [3.8, 4) is 11.5 Å². The van der Waals surface area contributed by atoms with E-state index in [1.54, 1.807) is 7.11 Å². The van der Waals surface area contributed by atoms with Crippen LogP contribution in [-0.2, 0) is 6.54 Å². The minimum atomic E-state index is 0.577. The van der Waals surface area contributed by atoms with Crippen LogP contribution in [0, 0.1) is 5.92 Å². The Balaban J connectivity index is 2.68. The highest BCUT2D eigenvalue weighted by molar-refractivity contribution is 5.42. The van der Waals surface area contributed by atoms with E-state index in [9.17, 15) is 0 Å². The SMILES string of the molecule is CCCC(C)COc1cc(CNC)ccc1OC. The van der Waals surface area contributed by atoms with Gasteiger partial charge in [0.25, 0.3) is 0 Å². The molecule has 1 unspecified atom stereocenters. The molecule has 18 heavy (non-hydrogen) atoms. The van der Waals surface area contributed by atoms with E-state index in [-0.39, 0.29) is 0 Å². The summed E-state index contributed by atoms with van der Waals surface area (Å²) in [6.07, 6.45) is 2.39. The number of hydrogen-bond donors (Lipinski definition) is 1. The van der Waals surface area contributed by atoms with E-state index in [4.69, 9.17) is 9.47 Å². The minimum absolute atomic E-state index is 0.577. The zero-order valence-corrected chi connectivity index (χ0v) is 12.0. The largest absolute Gasteiger partial charge is 0.493 e. The van der Waals surface area contributed by atoms with Crippen LogP contribution in [0.4, 0.5) is 0 Å². The fourth-order valence-corrected chi connectivity index (χ4v) is 1.96. The van der Waals surface area contributed by atoms with Crippen molar-refractivity contribution in [3.63, 3.8) is 0 Å². The molecule has 0 aliphatic heterocycles. The summed E-state index contributed by atoms with van der Waals surface area (Å²) in [7, 11) is 3.61. The molecule has 0 saturated heterocycles. The quantitative estimate of drug-likeness (QED) is 0.769. The first kappa shape index (κ1) is 14.8. The van der Waals surface area contributed by atoms with Crippen molar-refractivity contribution in [2.24, 2.45) is 5.92 Å². The predicted molar refractivity (Wildman–Crippen MR) is 75.3 cm³/mol. The van der Waals surface area contributed by atoms with Crippen LogP contribution in [0.5, 0.6) is 11.5 Å². The molecule has 3 nitrogen and oxygen atoms in total. The molecule has 0 aliphatic rings. The van der Waals surface area contributed by atoms with Gasteiger partial charge in [0.05, 0.1) is 13.7 Å². The summed E-state index contributed by atoms with van der Waals surface area (Å²) in [5, 5.41) is 3.14. The van der Waals surface area contributed by atoms with E-state index in [1.807, 2.05) is 19.2 Å². The van der Waals surface area contributed by atoms with Gasteiger partial charge in [0.1, 0.15) is 0 Å². The van der Waals surface area contributed by atoms with Gasteiger partial charge >= 0.3 is 0 Å². The van der Waals surface area contributed by atoms with Crippen LogP contribution in [0.2, 0.25) is 0 Å². The lowest BCUT2D eigenvalue weighted by atomic mass is 10.1. The molecule has 1 N–H and O–H groups in total. The normalized spacial score (nSPS) is 12.2. The molecule has 0 amide bonds. The summed E-state index contributed by atoms with van der Waals surface area (Å²) in [6.45, 7) is 6.00. The van der Waals surface area contributed by atoms with Gasteiger partial charge in [0, 0.05) is 6.54 Å². The molecule has 102 valence electrons. The van der Waals surface area contributed by atoms with Crippen LogP contribution < -0.4 is 14.8 Å². The molecule has 0 aliphatic carbocycles. The lowest BCUT2D eigenvalue weighted by Gasteiger charge is -2.15. The van der Waals surface area contributed by atoms with Crippen LogP contribution in [0.1, 0.15) is 32.3 Å².